The molecule has 0 saturated heterocycles. The number of hydrogen-bond donors (Lipinski definition) is 3. The molecule has 0 aliphatic carbocycles. The topological polar surface area (TPSA) is 95.7 Å². The van der Waals surface area contributed by atoms with Gasteiger partial charge in [0.25, 0.3) is 0 Å². The number of anilines is 2. The van der Waals surface area contributed by atoms with Crippen LogP contribution in [0.2, 0.25) is 0 Å². The molecule has 3 rings (SSSR count). The van der Waals surface area contributed by atoms with E-state index in [0.29, 0.717) is 18.8 Å². The molecule has 0 spiro atoms. The second-order valence-corrected chi connectivity index (χ2v) is 6.21. The highest BCUT2D eigenvalue weighted by Crippen LogP contribution is 2.26. The average molecular weight is 339 g/mol. The van der Waals surface area contributed by atoms with Gasteiger partial charge in [-0.1, -0.05) is 36.4 Å². The molecule has 2 aromatic carbocycles. The van der Waals surface area contributed by atoms with Crippen molar-refractivity contribution in [3.8, 4) is 0 Å². The van der Waals surface area contributed by atoms with Crippen molar-refractivity contribution in [2.45, 2.75) is 25.4 Å². The van der Waals surface area contributed by atoms with Crippen molar-refractivity contribution in [2.24, 2.45) is 0 Å². The van der Waals surface area contributed by atoms with Crippen molar-refractivity contribution < 1.29 is 14.7 Å². The molecule has 1 aliphatic rings. The fourth-order valence-electron chi connectivity index (χ4n) is 3.03. The van der Waals surface area contributed by atoms with Gasteiger partial charge >= 0.3 is 5.97 Å². The number of nitrogens with one attached hydrogen (secondary N) is 1. The van der Waals surface area contributed by atoms with Gasteiger partial charge in [-0.15, -0.1) is 0 Å². The van der Waals surface area contributed by atoms with Crippen LogP contribution in [0.1, 0.15) is 17.5 Å². The zero-order valence-electron chi connectivity index (χ0n) is 13.8. The molecule has 6 heteroatoms. The second kappa shape index (κ2) is 7.25. The molecule has 0 saturated carbocycles. The number of benzene rings is 2. The zero-order chi connectivity index (χ0) is 17.8. The van der Waals surface area contributed by atoms with Crippen molar-refractivity contribution in [1.82, 2.24) is 4.90 Å². The highest BCUT2D eigenvalue weighted by atomic mass is 16.4. The number of carbonyl (C=O) groups is 2. The van der Waals surface area contributed by atoms with Gasteiger partial charge in [0.1, 0.15) is 6.04 Å². The van der Waals surface area contributed by atoms with Gasteiger partial charge in [0.05, 0.1) is 6.42 Å². The first-order valence-electron chi connectivity index (χ1n) is 8.22. The van der Waals surface area contributed by atoms with Gasteiger partial charge in [-0.2, -0.15) is 0 Å². The maximum Gasteiger partial charge on any atom is 0.305 e. The summed E-state index contributed by atoms with van der Waals surface area (Å²) in [6, 6.07) is 14.5. The first-order valence-corrected chi connectivity index (χ1v) is 8.22. The SMILES string of the molecule is Nc1ccc2c(c1)NC(CC(=O)O)C(=O)N(CCc1ccccc1)C2. The Morgan fingerprint density at radius 1 is 1.24 bits per heavy atom. The van der Waals surface area contributed by atoms with Crippen LogP contribution in [0.5, 0.6) is 0 Å². The maximum absolute atomic E-state index is 12.8. The van der Waals surface area contributed by atoms with E-state index in [1.807, 2.05) is 36.4 Å². The molecule has 25 heavy (non-hydrogen) atoms. The van der Waals surface area contributed by atoms with Crippen molar-refractivity contribution >= 4 is 23.3 Å². The van der Waals surface area contributed by atoms with E-state index >= 15 is 0 Å². The van der Waals surface area contributed by atoms with E-state index in [1.165, 1.54) is 0 Å². The van der Waals surface area contributed by atoms with Gasteiger partial charge in [-0.3, -0.25) is 9.59 Å². The van der Waals surface area contributed by atoms with E-state index < -0.39 is 12.0 Å². The fourth-order valence-corrected chi connectivity index (χ4v) is 3.03. The maximum atomic E-state index is 12.8. The largest absolute Gasteiger partial charge is 0.481 e. The number of amides is 1. The third kappa shape index (κ3) is 4.09. The second-order valence-electron chi connectivity index (χ2n) is 6.21. The summed E-state index contributed by atoms with van der Waals surface area (Å²) in [5, 5.41) is 12.2. The number of hydrogen-bond acceptors (Lipinski definition) is 4. The van der Waals surface area contributed by atoms with Crippen molar-refractivity contribution in [3.05, 3.63) is 59.7 Å². The zero-order valence-corrected chi connectivity index (χ0v) is 13.8. The number of carboxylic acids is 1. The van der Waals surface area contributed by atoms with Crippen LogP contribution in [0.25, 0.3) is 0 Å². The van der Waals surface area contributed by atoms with Crippen molar-refractivity contribution in [2.75, 3.05) is 17.6 Å². The molecule has 1 atom stereocenters. The lowest BCUT2D eigenvalue weighted by molar-refractivity contribution is -0.141. The van der Waals surface area contributed by atoms with E-state index in [2.05, 4.69) is 5.32 Å². The van der Waals surface area contributed by atoms with Gasteiger partial charge in [0.2, 0.25) is 5.91 Å². The Morgan fingerprint density at radius 2 is 2.00 bits per heavy atom. The molecule has 1 amide bonds. The molecular formula is C19H21N3O3. The quantitative estimate of drug-likeness (QED) is 0.725. The summed E-state index contributed by atoms with van der Waals surface area (Å²) >= 11 is 0. The summed E-state index contributed by atoms with van der Waals surface area (Å²) in [7, 11) is 0. The summed E-state index contributed by atoms with van der Waals surface area (Å²) in [5.74, 6) is -1.21. The third-order valence-electron chi connectivity index (χ3n) is 4.33. The number of nitrogens with zero attached hydrogens (tertiary/aromatic N) is 1. The van der Waals surface area contributed by atoms with Gasteiger partial charge in [0.15, 0.2) is 0 Å². The van der Waals surface area contributed by atoms with Crippen LogP contribution in [-0.4, -0.2) is 34.5 Å². The van der Waals surface area contributed by atoms with Crippen LogP contribution in [0.15, 0.2) is 48.5 Å². The molecule has 1 unspecified atom stereocenters. The van der Waals surface area contributed by atoms with Crippen LogP contribution in [0.3, 0.4) is 0 Å². The van der Waals surface area contributed by atoms with E-state index in [4.69, 9.17) is 10.8 Å². The molecule has 6 nitrogen and oxygen atoms in total. The lowest BCUT2D eigenvalue weighted by Crippen LogP contribution is -2.42. The molecule has 1 heterocycles. The van der Waals surface area contributed by atoms with Crippen molar-refractivity contribution in [1.29, 1.82) is 0 Å². The molecule has 0 radical (unpaired) electrons. The van der Waals surface area contributed by atoms with Gasteiger partial charge in [-0.25, -0.2) is 0 Å². The Balaban J connectivity index is 1.84. The van der Waals surface area contributed by atoms with Gasteiger partial charge in [-0.05, 0) is 29.7 Å². The molecule has 4 N–H and O–H groups in total. The minimum atomic E-state index is -1.01. The molecule has 1 aliphatic heterocycles. The lowest BCUT2D eigenvalue weighted by Gasteiger charge is -2.24. The Kier molecular flexibility index (Phi) is 4.88. The Hall–Kier alpha value is -3.02. The Morgan fingerprint density at radius 3 is 2.72 bits per heavy atom. The van der Waals surface area contributed by atoms with Crippen LogP contribution in [-0.2, 0) is 22.6 Å². The van der Waals surface area contributed by atoms with Gasteiger partial charge in [0, 0.05) is 24.5 Å². The molecule has 130 valence electrons. The van der Waals surface area contributed by atoms with Crippen molar-refractivity contribution in [3.63, 3.8) is 0 Å². The molecule has 0 fully saturated rings. The first-order chi connectivity index (χ1) is 12.0. The normalized spacial score (nSPS) is 16.7. The summed E-state index contributed by atoms with van der Waals surface area (Å²) < 4.78 is 0. The predicted octanol–water partition coefficient (Wildman–Crippen LogP) is 2.11. The fraction of sp³-hybridized carbons (Fsp3) is 0.263. The first kappa shape index (κ1) is 16.8. The van der Waals surface area contributed by atoms with Crippen LogP contribution in [0, 0.1) is 0 Å². The number of carbonyl (C=O) groups excluding carboxylic acids is 1. The van der Waals surface area contributed by atoms with Gasteiger partial charge < -0.3 is 21.1 Å². The van der Waals surface area contributed by atoms with E-state index in [1.54, 1.807) is 17.0 Å². The van der Waals surface area contributed by atoms with Crippen LogP contribution < -0.4 is 11.1 Å². The summed E-state index contributed by atoms with van der Waals surface area (Å²) in [5.41, 5.74) is 9.20. The third-order valence-corrected chi connectivity index (χ3v) is 4.33. The Bertz CT molecular complexity index is 777. The standard InChI is InChI=1S/C19H21N3O3/c20-15-7-6-14-12-22(9-8-13-4-2-1-3-5-13)19(25)17(11-18(23)24)21-16(14)10-15/h1-7,10,17,21H,8-9,11-12,20H2,(H,23,24). The number of rotatable bonds is 5. The molecule has 0 aromatic heterocycles. The monoisotopic (exact) mass is 339 g/mol. The summed E-state index contributed by atoms with van der Waals surface area (Å²) in [4.78, 5) is 25.7. The highest BCUT2D eigenvalue weighted by Gasteiger charge is 2.30. The predicted molar refractivity (Wildman–Crippen MR) is 96.1 cm³/mol. The summed E-state index contributed by atoms with van der Waals surface area (Å²) in [6.07, 6.45) is 0.450. The van der Waals surface area contributed by atoms with E-state index in [9.17, 15) is 9.59 Å². The number of nitrogens with two attached hydrogens (primary N) is 1. The number of fused-ring (bicyclic) bond motifs is 1. The number of carboxylic acid groups (broad SMARTS) is 1. The number of nitrogen functional groups attached to an aromatic ring is 1. The number of aliphatic carboxylic acids is 1. The minimum Gasteiger partial charge on any atom is -0.481 e. The highest BCUT2D eigenvalue weighted by molar-refractivity contribution is 5.90. The van der Waals surface area contributed by atoms with Crippen LogP contribution in [0.4, 0.5) is 11.4 Å². The minimum absolute atomic E-state index is 0.201. The summed E-state index contributed by atoms with van der Waals surface area (Å²) in [6.45, 7) is 0.967. The smallest absolute Gasteiger partial charge is 0.305 e. The van der Waals surface area contributed by atoms with E-state index in [-0.39, 0.29) is 12.3 Å². The average Bonchev–Trinajstić information content (AvgIpc) is 2.71. The Labute approximate surface area is 146 Å². The molecule has 2 aromatic rings. The van der Waals surface area contributed by atoms with E-state index in [0.717, 1.165) is 23.2 Å². The lowest BCUT2D eigenvalue weighted by atomic mass is 10.1. The molecule has 0 bridgehead atoms. The molecular weight excluding hydrogens is 318 g/mol. The van der Waals surface area contributed by atoms with Crippen LogP contribution >= 0.6 is 0 Å².